The van der Waals surface area contributed by atoms with E-state index in [1.54, 1.807) is 30.2 Å². The Morgan fingerprint density at radius 2 is 1.79 bits per heavy atom. The molecule has 24 heavy (non-hydrogen) atoms. The summed E-state index contributed by atoms with van der Waals surface area (Å²) < 4.78 is 0. The molecule has 0 spiro atoms. The van der Waals surface area contributed by atoms with Gasteiger partial charge >= 0.3 is 0 Å². The van der Waals surface area contributed by atoms with E-state index in [-0.39, 0.29) is 5.82 Å². The van der Waals surface area contributed by atoms with E-state index >= 15 is 0 Å². The second-order valence-electron chi connectivity index (χ2n) is 4.98. The molecule has 1 aromatic carbocycles. The first kappa shape index (κ1) is 17.6. The summed E-state index contributed by atoms with van der Waals surface area (Å²) in [5, 5.41) is 3.14. The Hall–Kier alpha value is -2.73. The molecule has 2 aromatic rings. The Kier molecular flexibility index (Phi) is 6.45. The van der Waals surface area contributed by atoms with Crippen LogP contribution in [0.4, 0.5) is 5.69 Å². The summed E-state index contributed by atoms with van der Waals surface area (Å²) in [7, 11) is 0. The third-order valence-corrected chi connectivity index (χ3v) is 4.02. The van der Waals surface area contributed by atoms with Crippen molar-refractivity contribution < 1.29 is 0 Å². The third-order valence-electron chi connectivity index (χ3n) is 3.00. The van der Waals surface area contributed by atoms with Crippen LogP contribution in [-0.2, 0) is 0 Å². The van der Waals surface area contributed by atoms with Gasteiger partial charge in [-0.05, 0) is 48.9 Å². The molecule has 5 nitrogen and oxygen atoms in total. The lowest BCUT2D eigenvalue weighted by Gasteiger charge is -2.08. The number of nitrogens with zero attached hydrogens (tertiary/aromatic N) is 2. The second kappa shape index (κ2) is 8.79. The Morgan fingerprint density at radius 1 is 1.17 bits per heavy atom. The van der Waals surface area contributed by atoms with Crippen LogP contribution in [0.3, 0.4) is 0 Å². The van der Waals surface area contributed by atoms with Gasteiger partial charge in [-0.2, -0.15) is 0 Å². The summed E-state index contributed by atoms with van der Waals surface area (Å²) in [5.41, 5.74) is 13.2. The van der Waals surface area contributed by atoms with Gasteiger partial charge in [0.05, 0.1) is 0 Å². The molecule has 0 atom stereocenters. The van der Waals surface area contributed by atoms with E-state index in [1.807, 2.05) is 43.3 Å². The van der Waals surface area contributed by atoms with E-state index < -0.39 is 0 Å². The second-order valence-corrected chi connectivity index (χ2v) is 6.13. The summed E-state index contributed by atoms with van der Waals surface area (Å²) in [4.78, 5) is 10.4. The summed E-state index contributed by atoms with van der Waals surface area (Å²) in [6.07, 6.45) is 6.05. The zero-order valence-corrected chi connectivity index (χ0v) is 14.4. The van der Waals surface area contributed by atoms with Gasteiger partial charge in [-0.1, -0.05) is 25.3 Å². The van der Waals surface area contributed by atoms with Gasteiger partial charge in [0.1, 0.15) is 11.6 Å². The SMILES string of the molecule is C=C(N)/N=C(\C=C(/N)Nc1ccc(Sc2ccncc2)cc1)CC. The quantitative estimate of drug-likeness (QED) is 0.669. The van der Waals surface area contributed by atoms with Crippen molar-refractivity contribution in [3.63, 3.8) is 0 Å². The fraction of sp³-hybridized carbons (Fsp3) is 0.111. The highest BCUT2D eigenvalue weighted by Gasteiger charge is 2.00. The van der Waals surface area contributed by atoms with Crippen LogP contribution in [0.1, 0.15) is 13.3 Å². The minimum atomic E-state index is 0.272. The zero-order valence-electron chi connectivity index (χ0n) is 13.6. The number of aromatic nitrogens is 1. The molecule has 2 rings (SSSR count). The van der Waals surface area contributed by atoms with Crippen LogP contribution in [0.15, 0.2) is 87.9 Å². The molecule has 0 aliphatic heterocycles. The van der Waals surface area contributed by atoms with Crippen molar-refractivity contribution in [3.8, 4) is 0 Å². The van der Waals surface area contributed by atoms with Crippen LogP contribution in [0.25, 0.3) is 0 Å². The van der Waals surface area contributed by atoms with Crippen molar-refractivity contribution >= 4 is 23.2 Å². The molecular formula is C18H21N5S. The third kappa shape index (κ3) is 5.81. The first-order chi connectivity index (χ1) is 11.6. The largest absolute Gasteiger partial charge is 0.385 e. The smallest absolute Gasteiger partial charge is 0.116 e. The Bertz CT molecular complexity index is 736. The topological polar surface area (TPSA) is 89.3 Å². The Balaban J connectivity index is 2.02. The maximum Gasteiger partial charge on any atom is 0.116 e. The van der Waals surface area contributed by atoms with Crippen molar-refractivity contribution in [3.05, 3.63) is 73.1 Å². The standard InChI is InChI=1S/C18H21N5S/c1-3-14(22-13(2)19)12-18(20)23-15-4-6-16(7-5-15)24-17-8-10-21-11-9-17/h4-12,23H,2-3,19-20H2,1H3/b18-12+,22-14-. The summed E-state index contributed by atoms with van der Waals surface area (Å²) in [6, 6.07) is 12.0. The molecule has 0 saturated carbocycles. The first-order valence-corrected chi connectivity index (χ1v) is 8.32. The average molecular weight is 339 g/mol. The summed E-state index contributed by atoms with van der Waals surface area (Å²) in [6.45, 7) is 5.55. The van der Waals surface area contributed by atoms with E-state index in [2.05, 4.69) is 21.9 Å². The number of hydrogen-bond donors (Lipinski definition) is 3. The zero-order chi connectivity index (χ0) is 17.4. The molecule has 0 radical (unpaired) electrons. The van der Waals surface area contributed by atoms with Crippen molar-refractivity contribution in [2.45, 2.75) is 23.1 Å². The van der Waals surface area contributed by atoms with E-state index in [1.165, 1.54) is 0 Å². The molecule has 124 valence electrons. The van der Waals surface area contributed by atoms with Gasteiger partial charge in [0.25, 0.3) is 0 Å². The minimum absolute atomic E-state index is 0.272. The Labute approximate surface area is 146 Å². The molecule has 0 aliphatic carbocycles. The molecule has 0 aliphatic rings. The number of allylic oxidation sites excluding steroid dienone is 1. The van der Waals surface area contributed by atoms with E-state index in [0.29, 0.717) is 5.82 Å². The van der Waals surface area contributed by atoms with E-state index in [9.17, 15) is 0 Å². The van der Waals surface area contributed by atoms with Gasteiger partial charge in [0.2, 0.25) is 0 Å². The summed E-state index contributed by atoms with van der Waals surface area (Å²) >= 11 is 1.68. The molecule has 1 heterocycles. The molecule has 0 unspecified atom stereocenters. The summed E-state index contributed by atoms with van der Waals surface area (Å²) in [5.74, 6) is 0.778. The number of anilines is 1. The van der Waals surface area contributed by atoms with E-state index in [0.717, 1.165) is 27.6 Å². The van der Waals surface area contributed by atoms with Gasteiger partial charge in [-0.3, -0.25) is 4.98 Å². The molecule has 0 amide bonds. The fourth-order valence-corrected chi connectivity index (χ4v) is 2.73. The first-order valence-electron chi connectivity index (χ1n) is 7.51. The van der Waals surface area contributed by atoms with Crippen LogP contribution in [-0.4, -0.2) is 10.7 Å². The molecule has 0 saturated heterocycles. The highest BCUT2D eigenvalue weighted by molar-refractivity contribution is 7.99. The van der Waals surface area contributed by atoms with Crippen LogP contribution < -0.4 is 16.8 Å². The normalized spacial score (nSPS) is 12.0. The number of nitrogens with one attached hydrogen (secondary N) is 1. The van der Waals surface area contributed by atoms with E-state index in [4.69, 9.17) is 11.5 Å². The molecule has 6 heteroatoms. The highest BCUT2D eigenvalue weighted by atomic mass is 32.2. The van der Waals surface area contributed by atoms with Gasteiger partial charge in [0, 0.05) is 33.6 Å². The van der Waals surface area contributed by atoms with Crippen molar-refractivity contribution in [2.75, 3.05) is 5.32 Å². The maximum absolute atomic E-state index is 6.01. The maximum atomic E-state index is 6.01. The number of aliphatic imine (C=N–C) groups is 1. The van der Waals surface area contributed by atoms with Gasteiger partial charge < -0.3 is 16.8 Å². The molecule has 1 aromatic heterocycles. The van der Waals surface area contributed by atoms with Gasteiger partial charge in [0.15, 0.2) is 0 Å². The number of hydrogen-bond acceptors (Lipinski definition) is 6. The van der Waals surface area contributed by atoms with Gasteiger partial charge in [-0.15, -0.1) is 0 Å². The Morgan fingerprint density at radius 3 is 2.38 bits per heavy atom. The van der Waals surface area contributed by atoms with Crippen LogP contribution in [0.2, 0.25) is 0 Å². The van der Waals surface area contributed by atoms with Crippen LogP contribution in [0.5, 0.6) is 0 Å². The van der Waals surface area contributed by atoms with Crippen LogP contribution >= 0.6 is 11.8 Å². The lowest BCUT2D eigenvalue weighted by atomic mass is 10.2. The molecule has 5 N–H and O–H groups in total. The van der Waals surface area contributed by atoms with Crippen molar-refractivity contribution in [1.82, 2.24) is 4.98 Å². The van der Waals surface area contributed by atoms with Crippen molar-refractivity contribution in [2.24, 2.45) is 16.5 Å². The number of nitrogens with two attached hydrogens (primary N) is 2. The predicted molar refractivity (Wildman–Crippen MR) is 102 cm³/mol. The van der Waals surface area contributed by atoms with Gasteiger partial charge in [-0.25, -0.2) is 4.99 Å². The molecule has 0 bridgehead atoms. The monoisotopic (exact) mass is 339 g/mol. The molecular weight excluding hydrogens is 318 g/mol. The lowest BCUT2D eigenvalue weighted by Crippen LogP contribution is -2.12. The lowest BCUT2D eigenvalue weighted by molar-refractivity contribution is 1.19. The number of pyridine rings is 1. The van der Waals surface area contributed by atoms with Crippen LogP contribution in [0, 0.1) is 0 Å². The fourth-order valence-electron chi connectivity index (χ4n) is 1.93. The molecule has 0 fully saturated rings. The predicted octanol–water partition coefficient (Wildman–Crippen LogP) is 3.73. The minimum Gasteiger partial charge on any atom is -0.385 e. The van der Waals surface area contributed by atoms with Crippen molar-refractivity contribution in [1.29, 1.82) is 0 Å². The number of rotatable bonds is 7. The highest BCUT2D eigenvalue weighted by Crippen LogP contribution is 2.27. The average Bonchev–Trinajstić information content (AvgIpc) is 2.56. The number of benzene rings is 1.